The third kappa shape index (κ3) is 3.22. The summed E-state index contributed by atoms with van der Waals surface area (Å²) in [6, 6.07) is 1.70. The van der Waals surface area contributed by atoms with Gasteiger partial charge >= 0.3 is 0 Å². The Morgan fingerprint density at radius 2 is 2.14 bits per heavy atom. The lowest BCUT2D eigenvalue weighted by molar-refractivity contribution is 0.163. The van der Waals surface area contributed by atoms with E-state index in [9.17, 15) is 0 Å². The van der Waals surface area contributed by atoms with Gasteiger partial charge < -0.3 is 15.5 Å². The Balaban J connectivity index is 2.53. The number of rotatable bonds is 5. The monoisotopic (exact) mass is 235 g/mol. The van der Waals surface area contributed by atoms with Gasteiger partial charge in [-0.3, -0.25) is 0 Å². The van der Waals surface area contributed by atoms with Crippen molar-refractivity contribution in [3.8, 4) is 0 Å². The molecule has 1 rings (SSSR count). The van der Waals surface area contributed by atoms with Gasteiger partial charge in [0.05, 0.1) is 23.6 Å². The predicted molar refractivity (Wildman–Crippen MR) is 58.8 cm³/mol. The van der Waals surface area contributed by atoms with Gasteiger partial charge in [-0.1, -0.05) is 11.6 Å². The van der Waals surface area contributed by atoms with Crippen LogP contribution in [0.1, 0.15) is 18.5 Å². The normalized spacial score (nSPS) is 13.5. The fourth-order valence-electron chi connectivity index (χ4n) is 1.16. The summed E-state index contributed by atoms with van der Waals surface area (Å²) in [6.45, 7) is 1.83. The average Bonchev–Trinajstić information content (AvgIpc) is 2.61. The van der Waals surface area contributed by atoms with Crippen LogP contribution in [0.2, 0.25) is 4.34 Å². The maximum Gasteiger partial charge on any atom is 0.0931 e. The van der Waals surface area contributed by atoms with Gasteiger partial charge in [0.15, 0.2) is 0 Å². The van der Waals surface area contributed by atoms with E-state index in [2.05, 4.69) is 5.32 Å². The molecule has 0 amide bonds. The summed E-state index contributed by atoms with van der Waals surface area (Å²) >= 11 is 7.28. The Morgan fingerprint density at radius 3 is 2.57 bits per heavy atom. The second-order valence-corrected chi connectivity index (χ2v) is 4.68. The van der Waals surface area contributed by atoms with Crippen LogP contribution in [0.15, 0.2) is 11.4 Å². The first-order valence-electron chi connectivity index (χ1n) is 4.39. The molecule has 0 aliphatic heterocycles. The lowest BCUT2D eigenvalue weighted by atomic mass is 10.1. The number of thiophene rings is 1. The van der Waals surface area contributed by atoms with Crippen molar-refractivity contribution < 1.29 is 10.2 Å². The maximum absolute atomic E-state index is 8.88. The molecule has 1 atom stereocenters. The summed E-state index contributed by atoms with van der Waals surface area (Å²) in [5.41, 5.74) is 1.08. The molecule has 1 heterocycles. The highest BCUT2D eigenvalue weighted by atomic mass is 35.5. The number of aliphatic hydroxyl groups excluding tert-OH is 2. The fraction of sp³-hybridized carbons (Fsp3) is 0.556. The van der Waals surface area contributed by atoms with E-state index < -0.39 is 0 Å². The zero-order valence-electron chi connectivity index (χ0n) is 7.90. The van der Waals surface area contributed by atoms with Gasteiger partial charge in [0.2, 0.25) is 0 Å². The Labute approximate surface area is 92.3 Å². The smallest absolute Gasteiger partial charge is 0.0931 e. The molecular formula is C9H14ClNO2S. The summed E-state index contributed by atoms with van der Waals surface area (Å²) < 4.78 is 0.748. The van der Waals surface area contributed by atoms with Crippen molar-refractivity contribution in [1.29, 1.82) is 0 Å². The van der Waals surface area contributed by atoms with Gasteiger partial charge in [-0.2, -0.15) is 0 Å². The molecule has 1 unspecified atom stereocenters. The van der Waals surface area contributed by atoms with E-state index in [1.165, 1.54) is 11.3 Å². The molecule has 0 aliphatic carbocycles. The van der Waals surface area contributed by atoms with Crippen LogP contribution in [0.4, 0.5) is 0 Å². The first-order valence-corrected chi connectivity index (χ1v) is 5.64. The van der Waals surface area contributed by atoms with Crippen LogP contribution >= 0.6 is 22.9 Å². The third-order valence-electron chi connectivity index (χ3n) is 2.01. The largest absolute Gasteiger partial charge is 0.395 e. The molecule has 0 saturated heterocycles. The minimum atomic E-state index is -0.274. The maximum atomic E-state index is 8.88. The third-order valence-corrected chi connectivity index (χ3v) is 3.12. The van der Waals surface area contributed by atoms with Crippen molar-refractivity contribution in [1.82, 2.24) is 5.32 Å². The van der Waals surface area contributed by atoms with E-state index in [1.54, 1.807) is 0 Å². The summed E-state index contributed by atoms with van der Waals surface area (Å²) in [5.74, 6) is 0. The Bertz CT molecular complexity index is 276. The second kappa shape index (κ2) is 5.68. The minimum absolute atomic E-state index is 0.0707. The predicted octanol–water partition coefficient (Wildman–Crippen LogP) is 1.41. The molecule has 0 aliphatic rings. The number of halogens is 1. The fourth-order valence-corrected chi connectivity index (χ4v) is 2.15. The van der Waals surface area contributed by atoms with E-state index in [-0.39, 0.29) is 25.3 Å². The molecule has 5 heteroatoms. The van der Waals surface area contributed by atoms with Crippen molar-refractivity contribution in [3.63, 3.8) is 0 Å². The van der Waals surface area contributed by atoms with Crippen LogP contribution in [0, 0.1) is 0 Å². The topological polar surface area (TPSA) is 52.5 Å². The van der Waals surface area contributed by atoms with E-state index in [0.717, 1.165) is 9.90 Å². The SMILES string of the molecule is CC(NC(CO)CO)c1csc(Cl)c1. The van der Waals surface area contributed by atoms with Gasteiger partial charge in [0, 0.05) is 6.04 Å². The molecule has 0 radical (unpaired) electrons. The zero-order valence-corrected chi connectivity index (χ0v) is 9.48. The van der Waals surface area contributed by atoms with E-state index >= 15 is 0 Å². The highest BCUT2D eigenvalue weighted by Gasteiger charge is 2.12. The van der Waals surface area contributed by atoms with Crippen LogP contribution in [0.5, 0.6) is 0 Å². The molecule has 1 aromatic heterocycles. The average molecular weight is 236 g/mol. The van der Waals surface area contributed by atoms with Gasteiger partial charge in [0.25, 0.3) is 0 Å². The summed E-state index contributed by atoms with van der Waals surface area (Å²) in [4.78, 5) is 0. The van der Waals surface area contributed by atoms with Gasteiger partial charge in [-0.05, 0) is 23.9 Å². The quantitative estimate of drug-likeness (QED) is 0.723. The Hall–Kier alpha value is -0.130. The van der Waals surface area contributed by atoms with Crippen molar-refractivity contribution in [2.45, 2.75) is 19.0 Å². The lowest BCUT2D eigenvalue weighted by Gasteiger charge is -2.18. The van der Waals surface area contributed by atoms with E-state index in [0.29, 0.717) is 0 Å². The minimum Gasteiger partial charge on any atom is -0.395 e. The molecule has 3 N–H and O–H groups in total. The summed E-state index contributed by atoms with van der Waals surface area (Å²) in [5, 5.41) is 22.8. The number of hydrogen-bond donors (Lipinski definition) is 3. The van der Waals surface area contributed by atoms with Crippen LogP contribution in [0.3, 0.4) is 0 Å². The number of hydrogen-bond acceptors (Lipinski definition) is 4. The first kappa shape index (κ1) is 11.9. The van der Waals surface area contributed by atoms with Crippen LogP contribution in [0.25, 0.3) is 0 Å². The Kier molecular flexibility index (Phi) is 4.84. The molecular weight excluding hydrogens is 222 g/mol. The standard InChI is InChI=1S/C9H14ClNO2S/c1-6(11-8(3-12)4-13)7-2-9(10)14-5-7/h2,5-6,8,11-13H,3-4H2,1H3. The second-order valence-electron chi connectivity index (χ2n) is 3.13. The van der Waals surface area contributed by atoms with Crippen molar-refractivity contribution in [3.05, 3.63) is 21.3 Å². The molecule has 1 aromatic rings. The molecule has 0 bridgehead atoms. The molecule has 80 valence electrons. The van der Waals surface area contributed by atoms with Crippen LogP contribution in [-0.2, 0) is 0 Å². The Morgan fingerprint density at radius 1 is 1.50 bits per heavy atom. The molecule has 0 spiro atoms. The summed E-state index contributed by atoms with van der Waals surface area (Å²) in [7, 11) is 0. The zero-order chi connectivity index (χ0) is 10.6. The number of nitrogens with one attached hydrogen (secondary N) is 1. The summed E-state index contributed by atoms with van der Waals surface area (Å²) in [6.07, 6.45) is 0. The highest BCUT2D eigenvalue weighted by Crippen LogP contribution is 2.24. The number of aliphatic hydroxyl groups is 2. The lowest BCUT2D eigenvalue weighted by Crippen LogP contribution is -2.37. The van der Waals surface area contributed by atoms with Crippen LogP contribution in [-0.4, -0.2) is 29.5 Å². The first-order chi connectivity index (χ1) is 6.67. The molecule has 0 saturated carbocycles. The van der Waals surface area contributed by atoms with Crippen molar-refractivity contribution in [2.75, 3.05) is 13.2 Å². The van der Waals surface area contributed by atoms with Crippen molar-refractivity contribution in [2.24, 2.45) is 0 Å². The molecule has 0 aromatic carbocycles. The van der Waals surface area contributed by atoms with Crippen molar-refractivity contribution >= 4 is 22.9 Å². The molecule has 0 fully saturated rings. The van der Waals surface area contributed by atoms with Gasteiger partial charge in [0.1, 0.15) is 0 Å². The van der Waals surface area contributed by atoms with Gasteiger partial charge in [-0.25, -0.2) is 0 Å². The van der Waals surface area contributed by atoms with E-state index in [1.807, 2.05) is 18.4 Å². The highest BCUT2D eigenvalue weighted by molar-refractivity contribution is 7.14. The van der Waals surface area contributed by atoms with E-state index in [4.69, 9.17) is 21.8 Å². The van der Waals surface area contributed by atoms with Gasteiger partial charge in [-0.15, -0.1) is 11.3 Å². The molecule has 14 heavy (non-hydrogen) atoms. The van der Waals surface area contributed by atoms with Crippen LogP contribution < -0.4 is 5.32 Å². The molecule has 3 nitrogen and oxygen atoms in total.